The minimum atomic E-state index is -4.80. The van der Waals surface area contributed by atoms with E-state index < -0.39 is 23.7 Å². The first-order chi connectivity index (χ1) is 9.04. The maximum Gasteiger partial charge on any atom is 0.415 e. The van der Waals surface area contributed by atoms with Gasteiger partial charge in [0.25, 0.3) is 0 Å². The van der Waals surface area contributed by atoms with E-state index in [0.717, 1.165) is 5.56 Å². The second kappa shape index (κ2) is 6.01. The standard InChI is InChI=1S/C13H16ClF3N2O/c1-8(6-9-4-3-5-10(14)7-9)19-11(20)12(2,18)13(15,16)17/h3-5,7-8H,6,18H2,1-2H3,(H,19,20). The Bertz CT molecular complexity index is 489. The summed E-state index contributed by atoms with van der Waals surface area (Å²) in [6.07, 6.45) is -4.44. The molecule has 3 nitrogen and oxygen atoms in total. The molecule has 0 bridgehead atoms. The minimum Gasteiger partial charge on any atom is -0.351 e. The number of halogens is 4. The highest BCUT2D eigenvalue weighted by Gasteiger charge is 2.54. The second-order valence-corrected chi connectivity index (χ2v) is 5.35. The van der Waals surface area contributed by atoms with Gasteiger partial charge in [0.1, 0.15) is 0 Å². The van der Waals surface area contributed by atoms with Crippen LogP contribution in [0.25, 0.3) is 0 Å². The number of hydrogen-bond donors (Lipinski definition) is 2. The van der Waals surface area contributed by atoms with Crippen LogP contribution in [0.4, 0.5) is 13.2 Å². The molecule has 0 aliphatic heterocycles. The van der Waals surface area contributed by atoms with Crippen molar-refractivity contribution in [2.75, 3.05) is 0 Å². The van der Waals surface area contributed by atoms with E-state index in [2.05, 4.69) is 5.32 Å². The zero-order valence-corrected chi connectivity index (χ0v) is 11.8. The van der Waals surface area contributed by atoms with Crippen LogP contribution in [-0.4, -0.2) is 23.7 Å². The van der Waals surface area contributed by atoms with Gasteiger partial charge in [-0.25, -0.2) is 0 Å². The molecule has 0 aliphatic rings. The number of benzene rings is 1. The third-order valence-corrected chi connectivity index (χ3v) is 3.10. The first-order valence-corrected chi connectivity index (χ1v) is 6.33. The maximum atomic E-state index is 12.6. The van der Waals surface area contributed by atoms with Crippen LogP contribution in [-0.2, 0) is 11.2 Å². The highest BCUT2D eigenvalue weighted by Crippen LogP contribution is 2.28. The lowest BCUT2D eigenvalue weighted by Gasteiger charge is -2.28. The van der Waals surface area contributed by atoms with E-state index in [1.54, 1.807) is 31.2 Å². The van der Waals surface area contributed by atoms with Crippen molar-refractivity contribution >= 4 is 17.5 Å². The molecule has 3 N–H and O–H groups in total. The molecule has 1 aromatic carbocycles. The number of carbonyl (C=O) groups is 1. The molecule has 1 rings (SSSR count). The van der Waals surface area contributed by atoms with Gasteiger partial charge >= 0.3 is 6.18 Å². The molecule has 2 unspecified atom stereocenters. The SMILES string of the molecule is CC(Cc1cccc(Cl)c1)NC(=O)C(C)(N)C(F)(F)F. The second-order valence-electron chi connectivity index (χ2n) is 4.91. The van der Waals surface area contributed by atoms with Crippen molar-refractivity contribution < 1.29 is 18.0 Å². The van der Waals surface area contributed by atoms with Gasteiger partial charge in [-0.1, -0.05) is 23.7 Å². The highest BCUT2D eigenvalue weighted by molar-refractivity contribution is 6.30. The topological polar surface area (TPSA) is 55.1 Å². The highest BCUT2D eigenvalue weighted by atomic mass is 35.5. The van der Waals surface area contributed by atoms with Crippen molar-refractivity contribution in [2.45, 2.75) is 38.0 Å². The van der Waals surface area contributed by atoms with E-state index in [1.807, 2.05) is 0 Å². The predicted octanol–water partition coefficient (Wildman–Crippen LogP) is 2.67. The summed E-state index contributed by atoms with van der Waals surface area (Å²) < 4.78 is 37.8. The summed E-state index contributed by atoms with van der Waals surface area (Å²) in [5.74, 6) is -1.25. The Hall–Kier alpha value is -1.27. The lowest BCUT2D eigenvalue weighted by molar-refractivity contribution is -0.187. The van der Waals surface area contributed by atoms with Crippen LogP contribution in [0.1, 0.15) is 19.4 Å². The lowest BCUT2D eigenvalue weighted by Crippen LogP contribution is -2.62. The van der Waals surface area contributed by atoms with E-state index in [1.165, 1.54) is 0 Å². The summed E-state index contributed by atoms with van der Waals surface area (Å²) in [7, 11) is 0. The molecule has 2 atom stereocenters. The number of nitrogens with one attached hydrogen (secondary N) is 1. The summed E-state index contributed by atoms with van der Waals surface area (Å²) >= 11 is 5.81. The smallest absolute Gasteiger partial charge is 0.351 e. The number of amides is 1. The van der Waals surface area contributed by atoms with Crippen LogP contribution in [0.3, 0.4) is 0 Å². The third-order valence-electron chi connectivity index (χ3n) is 2.87. The van der Waals surface area contributed by atoms with Crippen LogP contribution in [0.15, 0.2) is 24.3 Å². The molecule has 0 fully saturated rings. The van der Waals surface area contributed by atoms with Gasteiger partial charge in [0.2, 0.25) is 5.91 Å². The van der Waals surface area contributed by atoms with Crippen molar-refractivity contribution in [2.24, 2.45) is 5.73 Å². The van der Waals surface area contributed by atoms with Gasteiger partial charge in [-0.2, -0.15) is 13.2 Å². The fraction of sp³-hybridized carbons (Fsp3) is 0.462. The summed E-state index contributed by atoms with van der Waals surface area (Å²) in [5.41, 5.74) is 2.95. The predicted molar refractivity (Wildman–Crippen MR) is 71.4 cm³/mol. The minimum absolute atomic E-state index is 0.361. The molecule has 0 aromatic heterocycles. The van der Waals surface area contributed by atoms with Gasteiger partial charge in [0.05, 0.1) is 0 Å². The third kappa shape index (κ3) is 4.11. The van der Waals surface area contributed by atoms with Gasteiger partial charge in [-0.05, 0) is 38.0 Å². The average Bonchev–Trinajstić information content (AvgIpc) is 2.26. The number of hydrogen-bond acceptors (Lipinski definition) is 2. The van der Waals surface area contributed by atoms with Gasteiger partial charge in [0, 0.05) is 11.1 Å². The Morgan fingerprint density at radius 1 is 1.45 bits per heavy atom. The largest absolute Gasteiger partial charge is 0.415 e. The molecule has 0 saturated carbocycles. The molecule has 0 heterocycles. The summed E-state index contributed by atoms with van der Waals surface area (Å²) in [6, 6.07) is 6.39. The first-order valence-electron chi connectivity index (χ1n) is 5.95. The quantitative estimate of drug-likeness (QED) is 0.898. The molecule has 0 saturated heterocycles. The molecule has 20 heavy (non-hydrogen) atoms. The van der Waals surface area contributed by atoms with Crippen molar-refractivity contribution in [3.8, 4) is 0 Å². The zero-order valence-electron chi connectivity index (χ0n) is 11.1. The van der Waals surface area contributed by atoms with Crippen molar-refractivity contribution in [3.63, 3.8) is 0 Å². The van der Waals surface area contributed by atoms with Crippen LogP contribution in [0.2, 0.25) is 5.02 Å². The van der Waals surface area contributed by atoms with Gasteiger partial charge < -0.3 is 11.1 Å². The number of rotatable bonds is 4. The van der Waals surface area contributed by atoms with Crippen molar-refractivity contribution in [1.82, 2.24) is 5.32 Å². The molecule has 7 heteroatoms. The Kier molecular flexibility index (Phi) is 5.05. The number of carbonyl (C=O) groups excluding carboxylic acids is 1. The maximum absolute atomic E-state index is 12.6. The monoisotopic (exact) mass is 308 g/mol. The van der Waals surface area contributed by atoms with E-state index in [9.17, 15) is 18.0 Å². The summed E-state index contributed by atoms with van der Waals surface area (Å²) in [5, 5.41) is 2.80. The molecule has 1 amide bonds. The van der Waals surface area contributed by atoms with E-state index >= 15 is 0 Å². The molecular formula is C13H16ClF3N2O. The van der Waals surface area contributed by atoms with E-state index in [4.69, 9.17) is 17.3 Å². The van der Waals surface area contributed by atoms with Crippen LogP contribution < -0.4 is 11.1 Å². The van der Waals surface area contributed by atoms with Gasteiger partial charge in [0.15, 0.2) is 5.54 Å². The fourth-order valence-corrected chi connectivity index (χ4v) is 1.78. The van der Waals surface area contributed by atoms with Gasteiger partial charge in [-0.3, -0.25) is 4.79 Å². The first kappa shape index (κ1) is 16.8. The Morgan fingerprint density at radius 2 is 2.05 bits per heavy atom. The molecule has 112 valence electrons. The summed E-state index contributed by atoms with van der Waals surface area (Å²) in [6.45, 7) is 2.25. The van der Waals surface area contributed by atoms with E-state index in [0.29, 0.717) is 18.4 Å². The van der Waals surface area contributed by atoms with Gasteiger partial charge in [-0.15, -0.1) is 0 Å². The lowest BCUT2D eigenvalue weighted by atomic mass is 10.0. The van der Waals surface area contributed by atoms with Crippen molar-refractivity contribution in [3.05, 3.63) is 34.9 Å². The Morgan fingerprint density at radius 3 is 2.55 bits per heavy atom. The zero-order chi connectivity index (χ0) is 15.6. The summed E-state index contributed by atoms with van der Waals surface area (Å²) in [4.78, 5) is 11.6. The van der Waals surface area contributed by atoms with Crippen LogP contribution in [0.5, 0.6) is 0 Å². The number of nitrogens with two attached hydrogens (primary N) is 1. The molecule has 0 radical (unpaired) electrons. The van der Waals surface area contributed by atoms with E-state index in [-0.39, 0.29) is 0 Å². The normalized spacial score (nSPS) is 16.4. The van der Waals surface area contributed by atoms with Crippen LogP contribution >= 0.6 is 11.6 Å². The van der Waals surface area contributed by atoms with Crippen LogP contribution in [0, 0.1) is 0 Å². The van der Waals surface area contributed by atoms with Crippen molar-refractivity contribution in [1.29, 1.82) is 0 Å². The molecule has 0 aliphatic carbocycles. The Balaban J connectivity index is 2.67. The number of alkyl halides is 3. The molecular weight excluding hydrogens is 293 g/mol. The Labute approximate surface area is 120 Å². The molecule has 0 spiro atoms. The average molecular weight is 309 g/mol. The fourth-order valence-electron chi connectivity index (χ4n) is 1.57. The molecule has 1 aromatic rings.